The summed E-state index contributed by atoms with van der Waals surface area (Å²) in [4.78, 5) is 12.1. The fraction of sp³-hybridized carbons (Fsp3) is 0.188. The van der Waals surface area contributed by atoms with E-state index in [2.05, 4.69) is 5.32 Å². The zero-order valence-electron chi connectivity index (χ0n) is 12.7. The van der Waals surface area contributed by atoms with Crippen LogP contribution in [-0.4, -0.2) is 21.4 Å². The molecule has 2 rings (SSSR count). The van der Waals surface area contributed by atoms with E-state index in [0.717, 1.165) is 11.1 Å². The lowest BCUT2D eigenvalue weighted by atomic mass is 10.1. The summed E-state index contributed by atoms with van der Waals surface area (Å²) in [5.41, 5.74) is 2.15. The highest BCUT2D eigenvalue weighted by atomic mass is 32.2. The maximum atomic E-state index is 12.2. The van der Waals surface area contributed by atoms with Crippen molar-refractivity contribution in [1.29, 1.82) is 0 Å². The van der Waals surface area contributed by atoms with Gasteiger partial charge in [-0.1, -0.05) is 30.3 Å². The molecule has 6 nitrogen and oxygen atoms in total. The summed E-state index contributed by atoms with van der Waals surface area (Å²) in [6.07, 6.45) is 0. The molecule has 7 heteroatoms. The second-order valence-electron chi connectivity index (χ2n) is 4.96. The Morgan fingerprint density at radius 3 is 2.48 bits per heavy atom. The van der Waals surface area contributed by atoms with Gasteiger partial charge < -0.3 is 10.1 Å². The van der Waals surface area contributed by atoms with E-state index in [1.165, 1.54) is 24.3 Å². The molecule has 1 amide bonds. The van der Waals surface area contributed by atoms with Gasteiger partial charge in [0.2, 0.25) is 10.0 Å². The number of methoxy groups -OCH3 is 1. The fourth-order valence-electron chi connectivity index (χ4n) is 2.12. The third-order valence-corrected chi connectivity index (χ3v) is 4.19. The van der Waals surface area contributed by atoms with Gasteiger partial charge in [0.1, 0.15) is 0 Å². The molecule has 23 heavy (non-hydrogen) atoms. The number of benzene rings is 2. The third kappa shape index (κ3) is 4.62. The summed E-state index contributed by atoms with van der Waals surface area (Å²) in [7, 11) is -2.23. The highest BCUT2D eigenvalue weighted by Crippen LogP contribution is 2.12. The lowest BCUT2D eigenvalue weighted by Gasteiger charge is -2.10. The van der Waals surface area contributed by atoms with E-state index >= 15 is 0 Å². The first kappa shape index (κ1) is 17.1. The zero-order valence-corrected chi connectivity index (χ0v) is 13.5. The number of amides is 1. The molecule has 0 spiro atoms. The maximum absolute atomic E-state index is 12.2. The number of hydrogen-bond donors (Lipinski definition) is 2. The van der Waals surface area contributed by atoms with E-state index in [9.17, 15) is 13.2 Å². The molecule has 0 aliphatic carbocycles. The number of sulfonamides is 1. The average molecular weight is 334 g/mol. The molecule has 0 heterocycles. The van der Waals surface area contributed by atoms with Crippen molar-refractivity contribution in [2.24, 2.45) is 5.14 Å². The predicted molar refractivity (Wildman–Crippen MR) is 86.1 cm³/mol. The van der Waals surface area contributed by atoms with Gasteiger partial charge in [0.05, 0.1) is 11.5 Å². The van der Waals surface area contributed by atoms with Crippen LogP contribution < -0.4 is 10.5 Å². The zero-order chi connectivity index (χ0) is 16.9. The Labute approximate surface area is 135 Å². The van der Waals surface area contributed by atoms with Gasteiger partial charge >= 0.3 is 0 Å². The molecule has 0 aliphatic heterocycles. The van der Waals surface area contributed by atoms with Crippen LogP contribution in [0.5, 0.6) is 0 Å². The second-order valence-corrected chi connectivity index (χ2v) is 6.52. The number of carbonyl (C=O) groups is 1. The normalized spacial score (nSPS) is 11.2. The Morgan fingerprint density at radius 1 is 1.13 bits per heavy atom. The molecule has 2 aromatic carbocycles. The molecule has 0 saturated heterocycles. The van der Waals surface area contributed by atoms with Gasteiger partial charge in [0, 0.05) is 19.2 Å². The van der Waals surface area contributed by atoms with Crippen LogP contribution in [0.25, 0.3) is 0 Å². The third-order valence-electron chi connectivity index (χ3n) is 3.28. The van der Waals surface area contributed by atoms with Gasteiger partial charge in [-0.2, -0.15) is 0 Å². The van der Waals surface area contributed by atoms with Gasteiger partial charge in [-0.15, -0.1) is 0 Å². The SMILES string of the molecule is COCc1ccccc1CNC(=O)c1cccc(S(N)(=O)=O)c1. The quantitative estimate of drug-likeness (QED) is 0.834. The minimum Gasteiger partial charge on any atom is -0.380 e. The fourth-order valence-corrected chi connectivity index (χ4v) is 2.68. The van der Waals surface area contributed by atoms with Crippen LogP contribution in [0.15, 0.2) is 53.4 Å². The summed E-state index contributed by atoms with van der Waals surface area (Å²) in [6, 6.07) is 13.2. The monoisotopic (exact) mass is 334 g/mol. The van der Waals surface area contributed by atoms with Crippen LogP contribution >= 0.6 is 0 Å². The molecule has 2 aromatic rings. The first-order chi connectivity index (χ1) is 10.9. The topological polar surface area (TPSA) is 98.5 Å². The number of rotatable bonds is 6. The van der Waals surface area contributed by atoms with Crippen molar-refractivity contribution in [3.63, 3.8) is 0 Å². The van der Waals surface area contributed by atoms with E-state index in [4.69, 9.17) is 9.88 Å². The molecular formula is C16H18N2O4S. The molecule has 0 radical (unpaired) electrons. The number of hydrogen-bond acceptors (Lipinski definition) is 4. The van der Waals surface area contributed by atoms with Gasteiger partial charge in [-0.05, 0) is 29.3 Å². The molecule has 122 valence electrons. The summed E-state index contributed by atoms with van der Waals surface area (Å²) in [6.45, 7) is 0.769. The summed E-state index contributed by atoms with van der Waals surface area (Å²) < 4.78 is 27.8. The van der Waals surface area contributed by atoms with E-state index < -0.39 is 10.0 Å². The number of nitrogens with two attached hydrogens (primary N) is 1. The van der Waals surface area contributed by atoms with Crippen LogP contribution in [0.4, 0.5) is 0 Å². The van der Waals surface area contributed by atoms with Gasteiger partial charge in [0.15, 0.2) is 0 Å². The number of ether oxygens (including phenoxy) is 1. The van der Waals surface area contributed by atoms with Gasteiger partial charge in [-0.25, -0.2) is 13.6 Å². The van der Waals surface area contributed by atoms with Crippen molar-refractivity contribution in [2.45, 2.75) is 18.0 Å². The highest BCUT2D eigenvalue weighted by molar-refractivity contribution is 7.89. The maximum Gasteiger partial charge on any atom is 0.251 e. The Hall–Kier alpha value is -2.22. The van der Waals surface area contributed by atoms with E-state index in [-0.39, 0.29) is 16.4 Å². The number of nitrogens with one attached hydrogen (secondary N) is 1. The minimum absolute atomic E-state index is 0.0927. The number of primary sulfonamides is 1. The van der Waals surface area contributed by atoms with Crippen molar-refractivity contribution in [1.82, 2.24) is 5.32 Å². The highest BCUT2D eigenvalue weighted by Gasteiger charge is 2.12. The van der Waals surface area contributed by atoms with Crippen LogP contribution in [0.3, 0.4) is 0 Å². The number of carbonyl (C=O) groups excluding carboxylic acids is 1. The van der Waals surface area contributed by atoms with E-state index in [1.54, 1.807) is 7.11 Å². The Bertz CT molecular complexity index is 803. The first-order valence-corrected chi connectivity index (χ1v) is 8.43. The smallest absolute Gasteiger partial charge is 0.251 e. The summed E-state index contributed by atoms with van der Waals surface area (Å²) >= 11 is 0. The Balaban J connectivity index is 2.12. The average Bonchev–Trinajstić information content (AvgIpc) is 2.53. The van der Waals surface area contributed by atoms with Crippen LogP contribution in [0, 0.1) is 0 Å². The molecule has 0 unspecified atom stereocenters. The van der Waals surface area contributed by atoms with Crippen LogP contribution in [0.1, 0.15) is 21.5 Å². The largest absolute Gasteiger partial charge is 0.380 e. The summed E-state index contributed by atoms with van der Waals surface area (Å²) in [5.74, 6) is -0.372. The lowest BCUT2D eigenvalue weighted by Crippen LogP contribution is -2.24. The van der Waals surface area contributed by atoms with Gasteiger partial charge in [-0.3, -0.25) is 4.79 Å². The standard InChI is InChI=1S/C16H18N2O4S/c1-22-11-14-6-3-2-5-13(14)10-18-16(19)12-7-4-8-15(9-12)23(17,20)21/h2-9H,10-11H2,1H3,(H,18,19)(H2,17,20,21). The minimum atomic E-state index is -3.84. The summed E-state index contributed by atoms with van der Waals surface area (Å²) in [5, 5.41) is 7.83. The first-order valence-electron chi connectivity index (χ1n) is 6.88. The van der Waals surface area contributed by atoms with Crippen molar-refractivity contribution in [2.75, 3.05) is 7.11 Å². The molecule has 0 aromatic heterocycles. The van der Waals surface area contributed by atoms with Crippen molar-refractivity contribution in [3.8, 4) is 0 Å². The Morgan fingerprint density at radius 2 is 1.83 bits per heavy atom. The molecular weight excluding hydrogens is 316 g/mol. The van der Waals surface area contributed by atoms with Crippen molar-refractivity contribution >= 4 is 15.9 Å². The molecule has 0 bridgehead atoms. The van der Waals surface area contributed by atoms with E-state index in [1.807, 2.05) is 24.3 Å². The molecule has 0 atom stereocenters. The second kappa shape index (κ2) is 7.36. The molecule has 0 aliphatic rings. The van der Waals surface area contributed by atoms with Crippen LogP contribution in [-0.2, 0) is 27.9 Å². The molecule has 3 N–H and O–H groups in total. The molecule has 0 saturated carbocycles. The van der Waals surface area contributed by atoms with Gasteiger partial charge in [0.25, 0.3) is 5.91 Å². The molecule has 0 fully saturated rings. The Kier molecular flexibility index (Phi) is 5.49. The van der Waals surface area contributed by atoms with Crippen molar-refractivity contribution < 1.29 is 17.9 Å². The van der Waals surface area contributed by atoms with Crippen molar-refractivity contribution in [3.05, 3.63) is 65.2 Å². The van der Waals surface area contributed by atoms with Crippen LogP contribution in [0.2, 0.25) is 0 Å². The predicted octanol–water partition coefficient (Wildman–Crippen LogP) is 1.41. The van der Waals surface area contributed by atoms with E-state index in [0.29, 0.717) is 13.2 Å². The lowest BCUT2D eigenvalue weighted by molar-refractivity contribution is 0.0950.